The van der Waals surface area contributed by atoms with Crippen LogP contribution in [-0.2, 0) is 23.1 Å². The lowest BCUT2D eigenvalue weighted by Gasteiger charge is -2.32. The maximum atomic E-state index is 12.0. The van der Waals surface area contributed by atoms with Crippen LogP contribution in [0, 0.1) is 0 Å². The summed E-state index contributed by atoms with van der Waals surface area (Å²) >= 11 is 0. The lowest BCUT2D eigenvalue weighted by molar-refractivity contribution is -0.144. The number of carbonyl (C=O) groups excluding carboxylic acids is 2. The molecule has 1 atom stereocenters. The van der Waals surface area contributed by atoms with E-state index in [1.54, 1.807) is 17.9 Å². The lowest BCUT2D eigenvalue weighted by atomic mass is 10.2. The fourth-order valence-corrected chi connectivity index (χ4v) is 1.99. The molecule has 1 unspecified atom stereocenters. The number of urea groups is 1. The van der Waals surface area contributed by atoms with Gasteiger partial charge in [-0.15, -0.1) is 10.2 Å². The summed E-state index contributed by atoms with van der Waals surface area (Å²) in [5, 5.41) is 21.7. The van der Waals surface area contributed by atoms with E-state index in [1.165, 1.54) is 0 Å². The number of amides is 3. The van der Waals surface area contributed by atoms with E-state index in [1.807, 2.05) is 0 Å². The van der Waals surface area contributed by atoms with Crippen LogP contribution in [0.15, 0.2) is 6.33 Å². The highest BCUT2D eigenvalue weighted by molar-refractivity contribution is 5.90. The maximum Gasteiger partial charge on any atom is 0.328 e. The van der Waals surface area contributed by atoms with Gasteiger partial charge in [0.2, 0.25) is 5.91 Å². The largest absolute Gasteiger partial charge is 0.480 e. The number of nitrogens with one attached hydrogen (secondary N) is 2. The quantitative estimate of drug-likeness (QED) is 0.586. The van der Waals surface area contributed by atoms with Gasteiger partial charge in [0.05, 0.1) is 0 Å². The van der Waals surface area contributed by atoms with Crippen molar-refractivity contribution >= 4 is 17.9 Å². The van der Waals surface area contributed by atoms with E-state index in [0.717, 1.165) is 4.90 Å². The second-order valence-electron chi connectivity index (χ2n) is 4.63. The van der Waals surface area contributed by atoms with Crippen LogP contribution in [0.2, 0.25) is 0 Å². The molecule has 0 radical (unpaired) electrons. The molecule has 2 heterocycles. The van der Waals surface area contributed by atoms with Gasteiger partial charge in [0.1, 0.15) is 24.7 Å². The zero-order valence-electron chi connectivity index (χ0n) is 11.4. The summed E-state index contributed by atoms with van der Waals surface area (Å²) in [6.45, 7) is -0.0898. The van der Waals surface area contributed by atoms with Crippen molar-refractivity contribution in [3.63, 3.8) is 0 Å². The Morgan fingerprint density at radius 1 is 1.57 bits per heavy atom. The van der Waals surface area contributed by atoms with Crippen molar-refractivity contribution in [2.24, 2.45) is 7.05 Å². The van der Waals surface area contributed by atoms with Crippen molar-refractivity contribution < 1.29 is 19.5 Å². The molecule has 10 nitrogen and oxygen atoms in total. The molecule has 1 fully saturated rings. The number of nitrogens with zero attached hydrogens (tertiary/aromatic N) is 4. The first-order valence-electron chi connectivity index (χ1n) is 6.36. The van der Waals surface area contributed by atoms with Gasteiger partial charge in [0.25, 0.3) is 0 Å². The van der Waals surface area contributed by atoms with Crippen LogP contribution in [0.4, 0.5) is 4.79 Å². The predicted molar refractivity (Wildman–Crippen MR) is 69.2 cm³/mol. The topological polar surface area (TPSA) is 129 Å². The van der Waals surface area contributed by atoms with Gasteiger partial charge < -0.3 is 20.3 Å². The lowest BCUT2D eigenvalue weighted by Crippen LogP contribution is -2.61. The Morgan fingerprint density at radius 2 is 2.33 bits per heavy atom. The van der Waals surface area contributed by atoms with Crippen LogP contribution in [0.5, 0.6) is 0 Å². The number of carboxylic acid groups (broad SMARTS) is 1. The van der Waals surface area contributed by atoms with Gasteiger partial charge in [0, 0.05) is 26.6 Å². The number of hydrogen-bond acceptors (Lipinski definition) is 5. The second-order valence-corrected chi connectivity index (χ2v) is 4.63. The van der Waals surface area contributed by atoms with Crippen molar-refractivity contribution in [3.8, 4) is 0 Å². The number of carboxylic acids is 1. The molecule has 2 rings (SSSR count). The molecule has 1 saturated heterocycles. The molecule has 3 N–H and O–H groups in total. The Bertz CT molecular complexity index is 557. The first kappa shape index (κ1) is 14.8. The normalized spacial score (nSPS) is 18.2. The number of aliphatic carboxylic acids is 1. The predicted octanol–water partition coefficient (Wildman–Crippen LogP) is -2.05. The fraction of sp³-hybridized carbons (Fsp3) is 0.545. The molecule has 0 aliphatic carbocycles. The van der Waals surface area contributed by atoms with Crippen molar-refractivity contribution in [1.82, 2.24) is 30.3 Å². The zero-order valence-corrected chi connectivity index (χ0v) is 11.4. The molecule has 1 aromatic heterocycles. The molecular formula is C11H16N6O4. The van der Waals surface area contributed by atoms with Crippen molar-refractivity contribution in [1.29, 1.82) is 0 Å². The van der Waals surface area contributed by atoms with Gasteiger partial charge in [0.15, 0.2) is 0 Å². The molecule has 114 valence electrons. The first-order valence-corrected chi connectivity index (χ1v) is 6.36. The van der Waals surface area contributed by atoms with Crippen LogP contribution in [0.1, 0.15) is 5.82 Å². The van der Waals surface area contributed by atoms with E-state index in [-0.39, 0.29) is 25.5 Å². The first-order chi connectivity index (χ1) is 9.99. The molecule has 10 heteroatoms. The number of rotatable bonds is 4. The average Bonchev–Trinajstić information content (AvgIpc) is 2.84. The van der Waals surface area contributed by atoms with Crippen molar-refractivity contribution in [3.05, 3.63) is 12.2 Å². The molecule has 0 bridgehead atoms. The number of carbonyl (C=O) groups is 3. The van der Waals surface area contributed by atoms with Crippen LogP contribution >= 0.6 is 0 Å². The Hall–Kier alpha value is -2.65. The molecule has 0 spiro atoms. The van der Waals surface area contributed by atoms with Crippen LogP contribution in [0.3, 0.4) is 0 Å². The van der Waals surface area contributed by atoms with E-state index in [0.29, 0.717) is 12.2 Å². The summed E-state index contributed by atoms with van der Waals surface area (Å²) in [7, 11) is 1.78. The third-order valence-electron chi connectivity index (χ3n) is 3.16. The fourth-order valence-electron chi connectivity index (χ4n) is 1.99. The summed E-state index contributed by atoms with van der Waals surface area (Å²) in [6, 6.07) is -1.64. The van der Waals surface area contributed by atoms with E-state index in [9.17, 15) is 14.4 Å². The van der Waals surface area contributed by atoms with Gasteiger partial charge in [-0.1, -0.05) is 0 Å². The summed E-state index contributed by atoms with van der Waals surface area (Å²) in [6.07, 6.45) is 2.01. The monoisotopic (exact) mass is 296 g/mol. The van der Waals surface area contributed by atoms with E-state index >= 15 is 0 Å². The van der Waals surface area contributed by atoms with Gasteiger partial charge in [-0.05, 0) is 0 Å². The van der Waals surface area contributed by atoms with E-state index in [4.69, 9.17) is 5.11 Å². The van der Waals surface area contributed by atoms with Crippen molar-refractivity contribution in [2.45, 2.75) is 12.5 Å². The maximum absolute atomic E-state index is 12.0. The van der Waals surface area contributed by atoms with Crippen LogP contribution in [-0.4, -0.2) is 68.4 Å². The smallest absolute Gasteiger partial charge is 0.328 e. The Balaban J connectivity index is 1.90. The highest BCUT2D eigenvalue weighted by Crippen LogP contribution is 2.05. The van der Waals surface area contributed by atoms with Gasteiger partial charge in [-0.3, -0.25) is 9.69 Å². The Labute approximate surface area is 120 Å². The molecule has 1 aliphatic rings. The minimum atomic E-state index is -1.15. The van der Waals surface area contributed by atoms with Crippen molar-refractivity contribution in [2.75, 3.05) is 19.6 Å². The van der Waals surface area contributed by atoms with E-state index in [2.05, 4.69) is 20.8 Å². The number of piperazine rings is 1. The molecule has 3 amide bonds. The standard InChI is InChI=1S/C11H16N6O4/c1-16-6-14-15-8(16)2-3-12-11(21)17-5-9(18)13-4-7(17)10(19)20/h6-7H,2-5H2,1H3,(H,12,21)(H,13,18)(H,19,20). The summed E-state index contributed by atoms with van der Waals surface area (Å²) in [4.78, 5) is 35.4. The molecular weight excluding hydrogens is 280 g/mol. The SMILES string of the molecule is Cn1cnnc1CCNC(=O)N1CC(=O)NCC1C(=O)O. The minimum Gasteiger partial charge on any atom is -0.480 e. The van der Waals surface area contributed by atoms with Gasteiger partial charge in [-0.25, -0.2) is 9.59 Å². The third kappa shape index (κ3) is 3.46. The third-order valence-corrected chi connectivity index (χ3v) is 3.16. The summed E-state index contributed by atoms with van der Waals surface area (Å²) in [5.41, 5.74) is 0. The molecule has 0 aromatic carbocycles. The Kier molecular flexibility index (Phi) is 4.36. The highest BCUT2D eigenvalue weighted by Gasteiger charge is 2.35. The summed E-state index contributed by atoms with van der Waals surface area (Å²) < 4.78 is 1.72. The van der Waals surface area contributed by atoms with Gasteiger partial charge in [-0.2, -0.15) is 0 Å². The highest BCUT2D eigenvalue weighted by atomic mass is 16.4. The molecule has 1 aliphatic heterocycles. The number of aromatic nitrogens is 3. The summed E-state index contributed by atoms with van der Waals surface area (Å²) in [5.74, 6) is -0.837. The molecule has 1 aromatic rings. The van der Waals surface area contributed by atoms with E-state index < -0.39 is 18.0 Å². The number of hydrogen-bond donors (Lipinski definition) is 3. The van der Waals surface area contributed by atoms with Crippen LogP contribution in [0.25, 0.3) is 0 Å². The minimum absolute atomic E-state index is 0.0924. The average molecular weight is 296 g/mol. The Morgan fingerprint density at radius 3 is 2.95 bits per heavy atom. The zero-order chi connectivity index (χ0) is 15.4. The molecule has 21 heavy (non-hydrogen) atoms. The number of aryl methyl sites for hydroxylation is 1. The van der Waals surface area contributed by atoms with Gasteiger partial charge >= 0.3 is 12.0 Å². The molecule has 0 saturated carbocycles. The second kappa shape index (κ2) is 6.20. The van der Waals surface area contributed by atoms with Crippen LogP contribution < -0.4 is 10.6 Å².